The Morgan fingerprint density at radius 2 is 1.76 bits per heavy atom. The molecule has 0 amide bonds. The maximum Gasteiger partial charge on any atom is 0.309 e. The molecule has 0 unspecified atom stereocenters. The minimum Gasteiger partial charge on any atom is -0.458 e. The number of nitro benzene ring substituents is 2. The van der Waals surface area contributed by atoms with Crippen LogP contribution >= 0.6 is 0 Å². The average Bonchev–Trinajstić information content (AvgIpc) is 2.73. The molecular weight excluding hydrogens is 378 g/mol. The van der Waals surface area contributed by atoms with E-state index in [1.165, 1.54) is 18.2 Å². The Morgan fingerprint density at radius 3 is 2.41 bits per heavy atom. The van der Waals surface area contributed by atoms with E-state index in [9.17, 15) is 25.0 Å². The summed E-state index contributed by atoms with van der Waals surface area (Å²) >= 11 is 0. The first-order valence-electron chi connectivity index (χ1n) is 9.30. The van der Waals surface area contributed by atoms with Crippen molar-refractivity contribution in [3.8, 4) is 0 Å². The number of non-ortho nitro benzene ring substituents is 1. The maximum absolute atomic E-state index is 12.5. The fourth-order valence-corrected chi connectivity index (χ4v) is 3.47. The molecule has 9 heteroatoms. The lowest BCUT2D eigenvalue weighted by atomic mass is 9.96. The molecule has 1 atom stereocenters. The van der Waals surface area contributed by atoms with Crippen LogP contribution in [0.1, 0.15) is 31.4 Å². The topological polar surface area (TPSA) is 116 Å². The third-order valence-electron chi connectivity index (χ3n) is 5.09. The van der Waals surface area contributed by atoms with Crippen LogP contribution in [-0.4, -0.2) is 28.9 Å². The van der Waals surface area contributed by atoms with E-state index in [4.69, 9.17) is 4.74 Å². The summed E-state index contributed by atoms with van der Waals surface area (Å²) in [5, 5.41) is 22.1. The van der Waals surface area contributed by atoms with Crippen LogP contribution in [0.15, 0.2) is 48.5 Å². The second-order valence-electron chi connectivity index (χ2n) is 6.94. The number of esters is 1. The van der Waals surface area contributed by atoms with Gasteiger partial charge in [-0.15, -0.1) is 0 Å². The van der Waals surface area contributed by atoms with Gasteiger partial charge in [-0.1, -0.05) is 24.3 Å². The SMILES string of the molecule is C[C@H](OC(=O)C1CCN(c2ccccc2[N+](=O)[O-])CC1)c1cccc([N+](=O)[O-])c1. The van der Waals surface area contributed by atoms with Crippen molar-refractivity contribution in [3.05, 3.63) is 74.3 Å². The summed E-state index contributed by atoms with van der Waals surface area (Å²) in [4.78, 5) is 35.7. The second-order valence-corrected chi connectivity index (χ2v) is 6.94. The number of rotatable bonds is 6. The second kappa shape index (κ2) is 8.68. The van der Waals surface area contributed by atoms with Gasteiger partial charge in [-0.25, -0.2) is 0 Å². The molecule has 0 N–H and O–H groups in total. The van der Waals surface area contributed by atoms with Crippen LogP contribution in [0.25, 0.3) is 0 Å². The average molecular weight is 399 g/mol. The Morgan fingerprint density at radius 1 is 1.07 bits per heavy atom. The minimum atomic E-state index is -0.601. The number of piperidine rings is 1. The van der Waals surface area contributed by atoms with Crippen LogP contribution < -0.4 is 4.90 Å². The molecule has 0 aromatic heterocycles. The van der Waals surface area contributed by atoms with E-state index in [1.807, 2.05) is 4.90 Å². The van der Waals surface area contributed by atoms with Crippen LogP contribution in [0, 0.1) is 26.1 Å². The summed E-state index contributed by atoms with van der Waals surface area (Å²) in [5.74, 6) is -0.665. The minimum absolute atomic E-state index is 0.0489. The van der Waals surface area contributed by atoms with Crippen molar-refractivity contribution in [2.24, 2.45) is 5.92 Å². The third kappa shape index (κ3) is 4.68. The molecule has 9 nitrogen and oxygen atoms in total. The van der Waals surface area contributed by atoms with Gasteiger partial charge in [0.25, 0.3) is 11.4 Å². The summed E-state index contributed by atoms with van der Waals surface area (Å²) in [6.07, 6.45) is 0.439. The van der Waals surface area contributed by atoms with Crippen molar-refractivity contribution < 1.29 is 19.4 Å². The molecule has 1 aliphatic heterocycles. The Bertz CT molecular complexity index is 924. The molecule has 0 radical (unpaired) electrons. The lowest BCUT2D eigenvalue weighted by Gasteiger charge is -2.32. The van der Waals surface area contributed by atoms with E-state index in [0.717, 1.165) is 0 Å². The molecule has 3 rings (SSSR count). The number of nitrogens with zero attached hydrogens (tertiary/aromatic N) is 3. The van der Waals surface area contributed by atoms with Crippen molar-refractivity contribution in [1.82, 2.24) is 0 Å². The predicted octanol–water partition coefficient (Wildman–Crippen LogP) is 4.02. The number of carbonyl (C=O) groups is 1. The molecule has 0 bridgehead atoms. The molecule has 1 heterocycles. The van der Waals surface area contributed by atoms with Gasteiger partial charge in [-0.05, 0) is 31.4 Å². The van der Waals surface area contributed by atoms with Gasteiger partial charge >= 0.3 is 5.97 Å². The summed E-state index contributed by atoms with van der Waals surface area (Å²) in [6.45, 7) is 2.70. The third-order valence-corrected chi connectivity index (χ3v) is 5.09. The van der Waals surface area contributed by atoms with Crippen molar-refractivity contribution in [3.63, 3.8) is 0 Å². The first kappa shape index (κ1) is 20.2. The highest BCUT2D eigenvalue weighted by molar-refractivity contribution is 5.73. The van der Waals surface area contributed by atoms with Gasteiger partial charge in [0, 0.05) is 31.3 Å². The molecule has 0 spiro atoms. The molecule has 152 valence electrons. The zero-order valence-electron chi connectivity index (χ0n) is 15.9. The molecule has 1 fully saturated rings. The quantitative estimate of drug-likeness (QED) is 0.409. The molecule has 2 aromatic carbocycles. The Balaban J connectivity index is 1.60. The standard InChI is InChI=1S/C20H21N3O6/c1-14(16-5-4-6-17(13-16)22(25)26)29-20(24)15-9-11-21(12-10-15)18-7-2-3-8-19(18)23(27)28/h2-8,13-15H,9-12H2,1H3/t14-/m0/s1. The molecule has 2 aromatic rings. The number of para-hydroxylation sites is 2. The van der Waals surface area contributed by atoms with Gasteiger partial charge < -0.3 is 9.64 Å². The zero-order valence-corrected chi connectivity index (χ0v) is 15.9. The number of benzene rings is 2. The monoisotopic (exact) mass is 399 g/mol. The molecule has 0 aliphatic carbocycles. The van der Waals surface area contributed by atoms with E-state index in [0.29, 0.717) is 37.2 Å². The number of hydrogen-bond donors (Lipinski definition) is 0. The Kier molecular flexibility index (Phi) is 6.06. The first-order valence-corrected chi connectivity index (χ1v) is 9.30. The Hall–Kier alpha value is -3.49. The summed E-state index contributed by atoms with van der Waals surface area (Å²) < 4.78 is 5.53. The lowest BCUT2D eigenvalue weighted by molar-refractivity contribution is -0.385. The van der Waals surface area contributed by atoms with Gasteiger partial charge in [0.15, 0.2) is 0 Å². The molecule has 1 saturated heterocycles. The number of hydrogen-bond acceptors (Lipinski definition) is 7. The first-order chi connectivity index (χ1) is 13.9. The van der Waals surface area contributed by atoms with E-state index >= 15 is 0 Å². The van der Waals surface area contributed by atoms with Crippen molar-refractivity contribution >= 4 is 23.0 Å². The van der Waals surface area contributed by atoms with E-state index in [2.05, 4.69) is 0 Å². The molecular formula is C20H21N3O6. The van der Waals surface area contributed by atoms with Gasteiger partial charge in [0.2, 0.25) is 0 Å². The normalized spacial score (nSPS) is 15.6. The van der Waals surface area contributed by atoms with Crippen LogP contribution in [0.4, 0.5) is 17.1 Å². The van der Waals surface area contributed by atoms with Crippen LogP contribution in [0.5, 0.6) is 0 Å². The van der Waals surface area contributed by atoms with E-state index in [-0.39, 0.29) is 23.3 Å². The smallest absolute Gasteiger partial charge is 0.309 e. The highest BCUT2D eigenvalue weighted by Gasteiger charge is 2.30. The maximum atomic E-state index is 12.5. The van der Waals surface area contributed by atoms with E-state index in [1.54, 1.807) is 37.3 Å². The van der Waals surface area contributed by atoms with Crippen molar-refractivity contribution in [2.75, 3.05) is 18.0 Å². The number of ether oxygens (including phenoxy) is 1. The van der Waals surface area contributed by atoms with Gasteiger partial charge in [0.1, 0.15) is 11.8 Å². The van der Waals surface area contributed by atoms with E-state index < -0.39 is 16.0 Å². The van der Waals surface area contributed by atoms with Crippen LogP contribution in [-0.2, 0) is 9.53 Å². The van der Waals surface area contributed by atoms with Crippen LogP contribution in [0.3, 0.4) is 0 Å². The summed E-state index contributed by atoms with van der Waals surface area (Å²) in [7, 11) is 0. The number of anilines is 1. The summed E-state index contributed by atoms with van der Waals surface area (Å²) in [6, 6.07) is 12.6. The Labute approximate surface area is 167 Å². The number of nitro groups is 2. The fourth-order valence-electron chi connectivity index (χ4n) is 3.47. The number of carbonyl (C=O) groups excluding carboxylic acids is 1. The highest BCUT2D eigenvalue weighted by atomic mass is 16.6. The van der Waals surface area contributed by atoms with Gasteiger partial charge in [-0.2, -0.15) is 0 Å². The lowest BCUT2D eigenvalue weighted by Crippen LogP contribution is -2.37. The van der Waals surface area contributed by atoms with Gasteiger partial charge in [-0.3, -0.25) is 25.0 Å². The van der Waals surface area contributed by atoms with Crippen LogP contribution in [0.2, 0.25) is 0 Å². The van der Waals surface area contributed by atoms with Crippen molar-refractivity contribution in [2.45, 2.75) is 25.9 Å². The predicted molar refractivity (Wildman–Crippen MR) is 106 cm³/mol. The molecule has 1 aliphatic rings. The zero-order chi connectivity index (χ0) is 21.0. The van der Waals surface area contributed by atoms with Crippen molar-refractivity contribution in [1.29, 1.82) is 0 Å². The molecule has 29 heavy (non-hydrogen) atoms. The highest BCUT2D eigenvalue weighted by Crippen LogP contribution is 2.32. The summed E-state index contributed by atoms with van der Waals surface area (Å²) in [5.41, 5.74) is 1.11. The molecule has 0 saturated carbocycles. The van der Waals surface area contributed by atoms with Gasteiger partial charge in [0.05, 0.1) is 15.8 Å². The largest absolute Gasteiger partial charge is 0.458 e. The fraction of sp³-hybridized carbons (Fsp3) is 0.350.